The van der Waals surface area contributed by atoms with Crippen LogP contribution in [0.25, 0.3) is 0 Å². The summed E-state index contributed by atoms with van der Waals surface area (Å²) in [7, 11) is 0. The Balaban J connectivity index is 1.61. The Morgan fingerprint density at radius 2 is 1.95 bits per heavy atom. The second-order valence-electron chi connectivity index (χ2n) is 7.16. The first kappa shape index (κ1) is 14.8. The molecule has 5 nitrogen and oxygen atoms in total. The normalized spacial score (nSPS) is 31.7. The van der Waals surface area contributed by atoms with Crippen molar-refractivity contribution in [3.05, 3.63) is 0 Å². The van der Waals surface area contributed by atoms with Gasteiger partial charge in [0.1, 0.15) is 6.04 Å². The molecule has 2 atom stereocenters. The van der Waals surface area contributed by atoms with Gasteiger partial charge in [-0.15, -0.1) is 0 Å². The molecule has 118 valence electrons. The molecule has 1 saturated carbocycles. The van der Waals surface area contributed by atoms with Gasteiger partial charge in [0.05, 0.1) is 0 Å². The Kier molecular flexibility index (Phi) is 4.20. The zero-order chi connectivity index (χ0) is 15.0. The van der Waals surface area contributed by atoms with Gasteiger partial charge < -0.3 is 15.1 Å². The first-order valence-electron chi connectivity index (χ1n) is 8.37. The van der Waals surface area contributed by atoms with Gasteiger partial charge >= 0.3 is 0 Å². The highest BCUT2D eigenvalue weighted by Crippen LogP contribution is 2.34. The van der Waals surface area contributed by atoms with Gasteiger partial charge in [-0.25, -0.2) is 0 Å². The topological polar surface area (TPSA) is 52.6 Å². The van der Waals surface area contributed by atoms with Crippen molar-refractivity contribution in [2.75, 3.05) is 26.2 Å². The molecule has 2 aliphatic heterocycles. The number of nitrogens with zero attached hydrogens (tertiary/aromatic N) is 2. The molecule has 0 aromatic rings. The Morgan fingerprint density at radius 1 is 1.19 bits per heavy atom. The van der Waals surface area contributed by atoms with Crippen LogP contribution in [0.5, 0.6) is 0 Å². The molecule has 1 aliphatic carbocycles. The van der Waals surface area contributed by atoms with Crippen molar-refractivity contribution in [1.82, 2.24) is 15.1 Å². The molecule has 2 saturated heterocycles. The first-order valence-corrected chi connectivity index (χ1v) is 8.37. The Labute approximate surface area is 127 Å². The zero-order valence-corrected chi connectivity index (χ0v) is 13.2. The van der Waals surface area contributed by atoms with Crippen molar-refractivity contribution in [2.24, 2.45) is 11.8 Å². The van der Waals surface area contributed by atoms with Gasteiger partial charge in [-0.3, -0.25) is 9.59 Å². The van der Waals surface area contributed by atoms with Gasteiger partial charge in [-0.2, -0.15) is 0 Å². The number of carbonyl (C=O) groups excluding carboxylic acids is 2. The fourth-order valence-electron chi connectivity index (χ4n) is 3.57. The molecule has 5 heteroatoms. The number of hydrogen-bond donors (Lipinski definition) is 1. The number of likely N-dealkylation sites (tertiary alicyclic amines) is 1. The molecule has 0 radical (unpaired) electrons. The number of amides is 2. The number of carbonyl (C=O) groups is 2. The molecule has 2 unspecified atom stereocenters. The van der Waals surface area contributed by atoms with Crippen molar-refractivity contribution < 1.29 is 9.59 Å². The maximum Gasteiger partial charge on any atom is 0.245 e. The predicted molar refractivity (Wildman–Crippen MR) is 80.7 cm³/mol. The molecule has 2 heterocycles. The fraction of sp³-hybridized carbons (Fsp3) is 0.875. The molecule has 0 aromatic heterocycles. The lowest BCUT2D eigenvalue weighted by Gasteiger charge is -2.27. The lowest BCUT2D eigenvalue weighted by molar-refractivity contribution is -0.134. The van der Waals surface area contributed by atoms with E-state index in [9.17, 15) is 9.59 Å². The second-order valence-corrected chi connectivity index (χ2v) is 7.16. The van der Waals surface area contributed by atoms with E-state index in [1.165, 1.54) is 0 Å². The van der Waals surface area contributed by atoms with Gasteiger partial charge in [-0.05, 0) is 51.5 Å². The average Bonchev–Trinajstić information content (AvgIpc) is 3.19. The molecule has 2 amide bonds. The van der Waals surface area contributed by atoms with Crippen LogP contribution >= 0.6 is 0 Å². The highest BCUT2D eigenvalue weighted by Gasteiger charge is 2.41. The van der Waals surface area contributed by atoms with Crippen LogP contribution in [-0.4, -0.2) is 59.9 Å². The van der Waals surface area contributed by atoms with Crippen LogP contribution in [0.1, 0.15) is 39.5 Å². The van der Waals surface area contributed by atoms with E-state index in [2.05, 4.69) is 24.1 Å². The number of hydrogen-bond acceptors (Lipinski definition) is 3. The maximum atomic E-state index is 12.7. The molecular formula is C16H27N3O2. The van der Waals surface area contributed by atoms with Gasteiger partial charge in [0, 0.05) is 32.1 Å². The standard InChI is InChI=1S/C16H27N3O2/c1-11(2)18-7-5-12(9-18)10-19-8-6-14(20)17-15(16(19)21)13-3-4-13/h11-13,15H,3-10H2,1-2H3,(H,17,20). The smallest absolute Gasteiger partial charge is 0.245 e. The third-order valence-corrected chi connectivity index (χ3v) is 5.12. The number of rotatable bonds is 4. The predicted octanol–water partition coefficient (Wildman–Crippen LogP) is 0.844. The molecule has 3 rings (SSSR count). The van der Waals surface area contributed by atoms with E-state index in [0.717, 1.165) is 38.9 Å². The van der Waals surface area contributed by atoms with Crippen molar-refractivity contribution in [3.63, 3.8) is 0 Å². The van der Waals surface area contributed by atoms with Crippen LogP contribution in [-0.2, 0) is 9.59 Å². The van der Waals surface area contributed by atoms with Gasteiger partial charge in [-0.1, -0.05) is 0 Å². The summed E-state index contributed by atoms with van der Waals surface area (Å²) in [4.78, 5) is 28.9. The van der Waals surface area contributed by atoms with Crippen LogP contribution in [0.4, 0.5) is 0 Å². The Morgan fingerprint density at radius 3 is 2.57 bits per heavy atom. The van der Waals surface area contributed by atoms with E-state index in [4.69, 9.17) is 0 Å². The van der Waals surface area contributed by atoms with Crippen LogP contribution in [0.2, 0.25) is 0 Å². The highest BCUT2D eigenvalue weighted by molar-refractivity contribution is 5.90. The summed E-state index contributed by atoms with van der Waals surface area (Å²) in [5.41, 5.74) is 0. The van der Waals surface area contributed by atoms with E-state index >= 15 is 0 Å². The second kappa shape index (κ2) is 5.95. The lowest BCUT2D eigenvalue weighted by atomic mass is 10.1. The SMILES string of the molecule is CC(C)N1CCC(CN2CCC(=O)NC(C3CC3)C2=O)C1. The van der Waals surface area contributed by atoms with E-state index < -0.39 is 0 Å². The molecular weight excluding hydrogens is 266 g/mol. The summed E-state index contributed by atoms with van der Waals surface area (Å²) in [5.74, 6) is 1.14. The quantitative estimate of drug-likeness (QED) is 0.836. The van der Waals surface area contributed by atoms with Gasteiger partial charge in [0.2, 0.25) is 11.8 Å². The molecule has 3 aliphatic rings. The largest absolute Gasteiger partial charge is 0.344 e. The lowest BCUT2D eigenvalue weighted by Crippen LogP contribution is -2.47. The summed E-state index contributed by atoms with van der Waals surface area (Å²) in [6.45, 7) is 8.08. The minimum Gasteiger partial charge on any atom is -0.344 e. The molecule has 0 bridgehead atoms. The van der Waals surface area contributed by atoms with Crippen molar-refractivity contribution in [1.29, 1.82) is 0 Å². The summed E-state index contributed by atoms with van der Waals surface area (Å²) in [6, 6.07) is 0.333. The zero-order valence-electron chi connectivity index (χ0n) is 13.2. The van der Waals surface area contributed by atoms with Crippen LogP contribution < -0.4 is 5.32 Å². The summed E-state index contributed by atoms with van der Waals surface area (Å²) < 4.78 is 0. The van der Waals surface area contributed by atoms with E-state index in [1.54, 1.807) is 0 Å². The maximum absolute atomic E-state index is 12.7. The van der Waals surface area contributed by atoms with E-state index in [1.807, 2.05) is 4.90 Å². The molecule has 21 heavy (non-hydrogen) atoms. The van der Waals surface area contributed by atoms with Crippen molar-refractivity contribution in [3.8, 4) is 0 Å². The van der Waals surface area contributed by atoms with Crippen LogP contribution in [0.3, 0.4) is 0 Å². The highest BCUT2D eigenvalue weighted by atomic mass is 16.2. The van der Waals surface area contributed by atoms with Crippen molar-refractivity contribution in [2.45, 2.75) is 51.6 Å². The monoisotopic (exact) mass is 293 g/mol. The summed E-state index contributed by atoms with van der Waals surface area (Å²) in [6.07, 6.45) is 3.77. The molecule has 3 fully saturated rings. The van der Waals surface area contributed by atoms with Gasteiger partial charge in [0.25, 0.3) is 0 Å². The van der Waals surface area contributed by atoms with Crippen LogP contribution in [0.15, 0.2) is 0 Å². The minimum atomic E-state index is -0.248. The van der Waals surface area contributed by atoms with E-state index in [0.29, 0.717) is 30.8 Å². The average molecular weight is 293 g/mol. The Bertz CT molecular complexity index is 420. The molecule has 1 N–H and O–H groups in total. The van der Waals surface area contributed by atoms with Crippen molar-refractivity contribution >= 4 is 11.8 Å². The fourth-order valence-corrected chi connectivity index (χ4v) is 3.57. The minimum absolute atomic E-state index is 0.0398. The van der Waals surface area contributed by atoms with Crippen LogP contribution in [0, 0.1) is 11.8 Å². The third-order valence-electron chi connectivity index (χ3n) is 5.12. The third kappa shape index (κ3) is 3.39. The summed E-state index contributed by atoms with van der Waals surface area (Å²) in [5, 5.41) is 2.93. The summed E-state index contributed by atoms with van der Waals surface area (Å²) >= 11 is 0. The molecule has 0 aromatic carbocycles. The first-order chi connectivity index (χ1) is 10.0. The van der Waals surface area contributed by atoms with E-state index in [-0.39, 0.29) is 17.9 Å². The number of nitrogens with one attached hydrogen (secondary N) is 1. The van der Waals surface area contributed by atoms with Gasteiger partial charge in [0.15, 0.2) is 0 Å². The molecule has 0 spiro atoms. The Hall–Kier alpha value is -1.10.